The van der Waals surface area contributed by atoms with E-state index in [1.807, 2.05) is 34.9 Å². The zero-order valence-corrected chi connectivity index (χ0v) is 13.5. The molecule has 0 radical (unpaired) electrons. The predicted molar refractivity (Wildman–Crippen MR) is 89.4 cm³/mol. The number of aromatic nitrogens is 6. The molecule has 1 aromatic carbocycles. The maximum absolute atomic E-state index is 12.7. The van der Waals surface area contributed by atoms with Crippen molar-refractivity contribution in [1.29, 1.82) is 0 Å². The van der Waals surface area contributed by atoms with E-state index in [1.54, 1.807) is 22.6 Å². The van der Waals surface area contributed by atoms with Crippen LogP contribution in [-0.4, -0.2) is 28.9 Å². The molecular weight excluding hydrogens is 304 g/mol. The van der Waals surface area contributed by atoms with Crippen LogP contribution < -0.4 is 5.56 Å². The second-order valence-electron chi connectivity index (χ2n) is 6.75. The largest absolute Gasteiger partial charge is 0.294 e. The van der Waals surface area contributed by atoms with Crippen LogP contribution in [-0.2, 0) is 12.5 Å². The number of fused-ring (bicyclic) bond motifs is 3. The first-order chi connectivity index (χ1) is 11.6. The third kappa shape index (κ3) is 1.66. The quantitative estimate of drug-likeness (QED) is 0.565. The smallest absolute Gasteiger partial charge is 0.261 e. The second-order valence-corrected chi connectivity index (χ2v) is 6.75. The summed E-state index contributed by atoms with van der Waals surface area (Å²) in [5.74, 6) is 0.614. The number of nitrogens with zero attached hydrogens (tertiary/aromatic N) is 6. The summed E-state index contributed by atoms with van der Waals surface area (Å²) in [6, 6.07) is 7.54. The fraction of sp³-hybridized carbons (Fsp3) is 0.294. The van der Waals surface area contributed by atoms with Crippen LogP contribution in [0.2, 0.25) is 0 Å². The average Bonchev–Trinajstić information content (AvgIpc) is 3.04. The van der Waals surface area contributed by atoms with Crippen molar-refractivity contribution in [1.82, 2.24) is 28.9 Å². The Labute approximate surface area is 137 Å². The van der Waals surface area contributed by atoms with Crippen molar-refractivity contribution in [3.8, 4) is 5.82 Å². The van der Waals surface area contributed by atoms with Crippen LogP contribution in [0.3, 0.4) is 0 Å². The molecule has 7 heteroatoms. The van der Waals surface area contributed by atoms with E-state index in [1.165, 1.54) is 0 Å². The molecule has 5 rings (SSSR count). The van der Waals surface area contributed by atoms with Gasteiger partial charge in [-0.15, -0.1) is 5.10 Å². The molecule has 1 fully saturated rings. The Bertz CT molecular complexity index is 1160. The fourth-order valence-corrected chi connectivity index (χ4v) is 3.21. The summed E-state index contributed by atoms with van der Waals surface area (Å²) in [6.45, 7) is 2.19. The molecule has 3 aromatic heterocycles. The lowest BCUT2D eigenvalue weighted by atomic mass is 10.1. The lowest BCUT2D eigenvalue weighted by Gasteiger charge is -2.08. The van der Waals surface area contributed by atoms with Gasteiger partial charge >= 0.3 is 0 Å². The SMILES string of the molecule is Cn1c(=O)c2ccccc2n2cnc(-n3cc(C4(C)CC4)nn3)c12. The molecule has 0 unspecified atom stereocenters. The highest BCUT2D eigenvalue weighted by Gasteiger charge is 2.41. The van der Waals surface area contributed by atoms with E-state index in [2.05, 4.69) is 22.2 Å². The fourth-order valence-electron chi connectivity index (χ4n) is 3.21. The normalized spacial score (nSPS) is 16.1. The molecule has 1 aliphatic rings. The Morgan fingerprint density at radius 3 is 2.79 bits per heavy atom. The molecule has 7 nitrogen and oxygen atoms in total. The van der Waals surface area contributed by atoms with Crippen LogP contribution in [0, 0.1) is 0 Å². The number of rotatable bonds is 2. The van der Waals surface area contributed by atoms with E-state index in [0.717, 1.165) is 24.1 Å². The number of hydrogen-bond acceptors (Lipinski definition) is 4. The van der Waals surface area contributed by atoms with Gasteiger partial charge in [-0.05, 0) is 25.0 Å². The number of benzene rings is 1. The molecule has 120 valence electrons. The Kier molecular flexibility index (Phi) is 2.42. The molecule has 0 aliphatic heterocycles. The van der Waals surface area contributed by atoms with Gasteiger partial charge in [-0.3, -0.25) is 13.8 Å². The standard InChI is InChI=1S/C17H16N6O/c1-17(7-8-17)13-9-23(20-19-13)14-15-21(2)16(24)11-5-3-4-6-12(11)22(15)10-18-14/h3-6,9-10H,7-8H2,1-2H3. The van der Waals surface area contributed by atoms with Crippen molar-refractivity contribution in [3.63, 3.8) is 0 Å². The van der Waals surface area contributed by atoms with Crippen LogP contribution >= 0.6 is 0 Å². The Morgan fingerprint density at radius 1 is 1.21 bits per heavy atom. The molecular formula is C17H16N6O. The molecule has 0 N–H and O–H groups in total. The minimum absolute atomic E-state index is 0.0469. The molecule has 0 amide bonds. The molecule has 0 spiro atoms. The molecule has 24 heavy (non-hydrogen) atoms. The summed E-state index contributed by atoms with van der Waals surface area (Å²) >= 11 is 0. The average molecular weight is 320 g/mol. The zero-order chi connectivity index (χ0) is 16.5. The van der Waals surface area contributed by atoms with E-state index in [9.17, 15) is 4.79 Å². The van der Waals surface area contributed by atoms with Gasteiger partial charge in [0, 0.05) is 12.5 Å². The van der Waals surface area contributed by atoms with Crippen LogP contribution in [0.5, 0.6) is 0 Å². The Hall–Kier alpha value is -2.96. The lowest BCUT2D eigenvalue weighted by Crippen LogP contribution is -2.20. The van der Waals surface area contributed by atoms with Gasteiger partial charge in [-0.25, -0.2) is 4.98 Å². The van der Waals surface area contributed by atoms with Crippen molar-refractivity contribution in [2.24, 2.45) is 7.05 Å². The van der Waals surface area contributed by atoms with E-state index in [0.29, 0.717) is 16.9 Å². The van der Waals surface area contributed by atoms with Crippen LogP contribution in [0.15, 0.2) is 41.6 Å². The minimum Gasteiger partial charge on any atom is -0.294 e. The summed E-state index contributed by atoms with van der Waals surface area (Å²) in [7, 11) is 1.76. The van der Waals surface area contributed by atoms with E-state index in [-0.39, 0.29) is 11.0 Å². The van der Waals surface area contributed by atoms with Crippen molar-refractivity contribution in [3.05, 3.63) is 52.8 Å². The van der Waals surface area contributed by atoms with Crippen molar-refractivity contribution >= 4 is 16.6 Å². The summed E-state index contributed by atoms with van der Waals surface area (Å²) in [5, 5.41) is 9.21. The number of aryl methyl sites for hydroxylation is 1. The third-order valence-corrected chi connectivity index (χ3v) is 5.07. The Balaban J connectivity index is 1.81. The highest BCUT2D eigenvalue weighted by molar-refractivity contribution is 5.82. The molecule has 1 saturated carbocycles. The van der Waals surface area contributed by atoms with Gasteiger partial charge in [0.2, 0.25) is 0 Å². The van der Waals surface area contributed by atoms with Crippen LogP contribution in [0.4, 0.5) is 0 Å². The summed E-state index contributed by atoms with van der Waals surface area (Å²) < 4.78 is 5.21. The van der Waals surface area contributed by atoms with Gasteiger partial charge in [-0.2, -0.15) is 4.68 Å². The van der Waals surface area contributed by atoms with Gasteiger partial charge in [0.15, 0.2) is 11.5 Å². The minimum atomic E-state index is -0.0469. The molecule has 4 aromatic rings. The summed E-state index contributed by atoms with van der Waals surface area (Å²) in [4.78, 5) is 17.2. The number of imidazole rings is 1. The predicted octanol–water partition coefficient (Wildman–Crippen LogP) is 1.82. The van der Waals surface area contributed by atoms with E-state index in [4.69, 9.17) is 0 Å². The topological polar surface area (TPSA) is 70.0 Å². The first-order valence-electron chi connectivity index (χ1n) is 7.96. The molecule has 3 heterocycles. The van der Waals surface area contributed by atoms with Gasteiger partial charge in [0.1, 0.15) is 6.33 Å². The maximum atomic E-state index is 12.7. The highest BCUT2D eigenvalue weighted by Crippen LogP contribution is 2.46. The van der Waals surface area contributed by atoms with Crippen molar-refractivity contribution < 1.29 is 0 Å². The van der Waals surface area contributed by atoms with E-state index >= 15 is 0 Å². The van der Waals surface area contributed by atoms with E-state index < -0.39 is 0 Å². The summed E-state index contributed by atoms with van der Waals surface area (Å²) in [5.41, 5.74) is 2.62. The van der Waals surface area contributed by atoms with Gasteiger partial charge < -0.3 is 0 Å². The molecule has 0 atom stereocenters. The molecule has 1 aliphatic carbocycles. The van der Waals surface area contributed by atoms with Gasteiger partial charge in [0.25, 0.3) is 5.56 Å². The highest BCUT2D eigenvalue weighted by atomic mass is 16.1. The van der Waals surface area contributed by atoms with Crippen molar-refractivity contribution in [2.75, 3.05) is 0 Å². The van der Waals surface area contributed by atoms with Gasteiger partial charge in [-0.1, -0.05) is 24.3 Å². The lowest BCUT2D eigenvalue weighted by molar-refractivity contribution is 0.731. The van der Waals surface area contributed by atoms with Crippen molar-refractivity contribution in [2.45, 2.75) is 25.2 Å². The summed E-state index contributed by atoms with van der Waals surface area (Å²) in [6.07, 6.45) is 5.93. The number of para-hydroxylation sites is 1. The Morgan fingerprint density at radius 2 is 2.00 bits per heavy atom. The van der Waals surface area contributed by atoms with Gasteiger partial charge in [0.05, 0.1) is 22.8 Å². The number of hydrogen-bond donors (Lipinski definition) is 0. The first-order valence-corrected chi connectivity index (χ1v) is 7.96. The second kappa shape index (κ2) is 4.31. The van der Waals surface area contributed by atoms with Crippen LogP contribution in [0.25, 0.3) is 22.4 Å². The monoisotopic (exact) mass is 320 g/mol. The maximum Gasteiger partial charge on any atom is 0.261 e. The molecule has 0 saturated heterocycles. The molecule has 0 bridgehead atoms. The first kappa shape index (κ1) is 13.5. The zero-order valence-electron chi connectivity index (χ0n) is 13.5. The van der Waals surface area contributed by atoms with Crippen LogP contribution in [0.1, 0.15) is 25.5 Å². The third-order valence-electron chi connectivity index (χ3n) is 5.07.